The number of nitro benzene ring substituents is 1. The molecule has 0 radical (unpaired) electrons. The zero-order chi connectivity index (χ0) is 18.7. The van der Waals surface area contributed by atoms with E-state index >= 15 is 0 Å². The molecule has 3 rings (SSSR count). The van der Waals surface area contributed by atoms with Crippen molar-refractivity contribution in [1.29, 1.82) is 0 Å². The Morgan fingerprint density at radius 3 is 2.38 bits per heavy atom. The van der Waals surface area contributed by atoms with Gasteiger partial charge in [-0.1, -0.05) is 0 Å². The third-order valence-electron chi connectivity index (χ3n) is 4.19. The molecular weight excluding hydrogens is 359 g/mol. The first-order chi connectivity index (χ1) is 12.4. The largest absolute Gasteiger partial charge is 0.508 e. The fourth-order valence-corrected chi connectivity index (χ4v) is 3.05. The molecule has 0 aromatic heterocycles. The van der Waals surface area contributed by atoms with Gasteiger partial charge >= 0.3 is 0 Å². The van der Waals surface area contributed by atoms with Gasteiger partial charge in [0.1, 0.15) is 11.6 Å². The van der Waals surface area contributed by atoms with Crippen LogP contribution in [-0.2, 0) is 0 Å². The lowest BCUT2D eigenvalue weighted by Crippen LogP contribution is -2.50. The summed E-state index contributed by atoms with van der Waals surface area (Å²) in [4.78, 5) is 14.3. The Labute approximate surface area is 154 Å². The van der Waals surface area contributed by atoms with Gasteiger partial charge in [-0.05, 0) is 36.5 Å². The van der Waals surface area contributed by atoms with Crippen LogP contribution in [0.3, 0.4) is 0 Å². The molecule has 26 heavy (non-hydrogen) atoms. The minimum atomic E-state index is -0.572. The van der Waals surface area contributed by atoms with Crippen LogP contribution in [0.2, 0.25) is 0 Å². The highest BCUT2D eigenvalue weighted by Gasteiger charge is 2.20. The molecule has 7 nitrogen and oxygen atoms in total. The van der Waals surface area contributed by atoms with Crippen molar-refractivity contribution in [2.24, 2.45) is 0 Å². The van der Waals surface area contributed by atoms with E-state index in [1.54, 1.807) is 12.1 Å². The first-order valence-electron chi connectivity index (χ1n) is 7.98. The molecule has 0 atom stereocenters. The predicted octanol–water partition coefficient (Wildman–Crippen LogP) is 2.96. The third-order valence-corrected chi connectivity index (χ3v) is 4.55. The van der Waals surface area contributed by atoms with Gasteiger partial charge in [-0.2, -0.15) is 0 Å². The predicted molar refractivity (Wildman–Crippen MR) is 101 cm³/mol. The third kappa shape index (κ3) is 3.99. The van der Waals surface area contributed by atoms with Gasteiger partial charge in [0.05, 0.1) is 10.6 Å². The molecule has 9 heteroatoms. The van der Waals surface area contributed by atoms with Crippen LogP contribution in [0.15, 0.2) is 42.5 Å². The Morgan fingerprint density at radius 1 is 1.15 bits per heavy atom. The Balaban J connectivity index is 1.57. The summed E-state index contributed by atoms with van der Waals surface area (Å²) in [5.74, 6) is -0.715. The number of halogens is 1. The lowest BCUT2D eigenvalue weighted by atomic mass is 10.2. The summed E-state index contributed by atoms with van der Waals surface area (Å²) in [5.41, 5.74) is 1.19. The van der Waals surface area contributed by atoms with Gasteiger partial charge in [-0.15, -0.1) is 0 Å². The van der Waals surface area contributed by atoms with Crippen LogP contribution in [0.4, 0.5) is 21.5 Å². The summed E-state index contributed by atoms with van der Waals surface area (Å²) in [5, 5.41) is 23.2. The number of phenolic OH excluding ortho intramolecular Hbond substituents is 1. The van der Waals surface area contributed by atoms with E-state index in [1.807, 2.05) is 4.90 Å². The molecule has 2 aromatic carbocycles. The van der Waals surface area contributed by atoms with Gasteiger partial charge in [0.15, 0.2) is 5.11 Å². The summed E-state index contributed by atoms with van der Waals surface area (Å²) in [6.45, 7) is 2.67. The molecule has 0 unspecified atom stereocenters. The molecule has 1 saturated heterocycles. The van der Waals surface area contributed by atoms with Crippen molar-refractivity contribution in [3.8, 4) is 5.75 Å². The average Bonchev–Trinajstić information content (AvgIpc) is 2.64. The average molecular weight is 376 g/mol. The minimum Gasteiger partial charge on any atom is -0.508 e. The molecule has 0 saturated carbocycles. The molecule has 0 bridgehead atoms. The van der Waals surface area contributed by atoms with Crippen molar-refractivity contribution in [1.82, 2.24) is 4.90 Å². The summed E-state index contributed by atoms with van der Waals surface area (Å²) < 4.78 is 13.8. The standard InChI is InChI=1S/C17H17FN4O3S/c18-15-11-14(23)5-6-16(15)19-17(26)21-9-7-20(8-10-21)12-1-3-13(4-2-12)22(24)25/h1-6,11,23H,7-10H2,(H,19,26). The number of thiocarbonyl (C=S) groups is 1. The molecule has 2 aromatic rings. The minimum absolute atomic E-state index is 0.0636. The first-order valence-corrected chi connectivity index (χ1v) is 8.39. The molecule has 0 aliphatic carbocycles. The number of hydrogen-bond acceptors (Lipinski definition) is 5. The van der Waals surface area contributed by atoms with Gasteiger partial charge in [0.25, 0.3) is 5.69 Å². The molecule has 2 N–H and O–H groups in total. The maximum absolute atomic E-state index is 13.8. The number of benzene rings is 2. The Hall–Kier alpha value is -2.94. The van der Waals surface area contributed by atoms with E-state index in [0.717, 1.165) is 11.8 Å². The maximum Gasteiger partial charge on any atom is 0.269 e. The number of phenols is 1. The molecule has 1 aliphatic rings. The number of rotatable bonds is 3. The summed E-state index contributed by atoms with van der Waals surface area (Å²) in [6, 6.07) is 10.3. The highest BCUT2D eigenvalue weighted by atomic mass is 32.1. The highest BCUT2D eigenvalue weighted by Crippen LogP contribution is 2.22. The number of nitrogens with one attached hydrogen (secondary N) is 1. The van der Waals surface area contributed by atoms with Gasteiger partial charge in [0.2, 0.25) is 0 Å². The van der Waals surface area contributed by atoms with Gasteiger partial charge in [0, 0.05) is 50.1 Å². The topological polar surface area (TPSA) is 81.9 Å². The maximum atomic E-state index is 13.8. The second kappa shape index (κ2) is 7.52. The number of non-ortho nitro benzene ring substituents is 1. The van der Waals surface area contributed by atoms with Crippen LogP contribution in [0, 0.1) is 15.9 Å². The highest BCUT2D eigenvalue weighted by molar-refractivity contribution is 7.80. The van der Waals surface area contributed by atoms with E-state index in [0.29, 0.717) is 31.3 Å². The van der Waals surface area contributed by atoms with Crippen molar-refractivity contribution in [3.05, 3.63) is 58.4 Å². The van der Waals surface area contributed by atoms with Crippen LogP contribution in [-0.4, -0.2) is 46.2 Å². The Kier molecular flexibility index (Phi) is 5.17. The van der Waals surface area contributed by atoms with Crippen LogP contribution in [0.1, 0.15) is 0 Å². The molecule has 1 aliphatic heterocycles. The Morgan fingerprint density at radius 2 is 1.81 bits per heavy atom. The Bertz CT molecular complexity index is 823. The van der Waals surface area contributed by atoms with Gasteiger partial charge in [-0.3, -0.25) is 10.1 Å². The lowest BCUT2D eigenvalue weighted by molar-refractivity contribution is -0.384. The summed E-state index contributed by atoms with van der Waals surface area (Å²) in [6.07, 6.45) is 0. The van der Waals surface area contributed by atoms with Crippen molar-refractivity contribution < 1.29 is 14.4 Å². The van der Waals surface area contributed by atoms with E-state index in [9.17, 15) is 19.6 Å². The second-order valence-electron chi connectivity index (χ2n) is 5.84. The summed E-state index contributed by atoms with van der Waals surface area (Å²) >= 11 is 5.34. The zero-order valence-corrected chi connectivity index (χ0v) is 14.6. The van der Waals surface area contributed by atoms with Gasteiger partial charge in [-0.25, -0.2) is 4.39 Å². The second-order valence-corrected chi connectivity index (χ2v) is 6.23. The van der Waals surface area contributed by atoms with E-state index in [2.05, 4.69) is 10.2 Å². The monoisotopic (exact) mass is 376 g/mol. The number of aromatic hydroxyl groups is 1. The van der Waals surface area contributed by atoms with Crippen LogP contribution in [0.5, 0.6) is 5.75 Å². The van der Waals surface area contributed by atoms with E-state index in [4.69, 9.17) is 12.2 Å². The molecule has 136 valence electrons. The molecule has 1 fully saturated rings. The zero-order valence-electron chi connectivity index (χ0n) is 13.8. The van der Waals surface area contributed by atoms with E-state index < -0.39 is 10.7 Å². The first kappa shape index (κ1) is 17.9. The molecule has 1 heterocycles. The SMILES string of the molecule is O=[N+]([O-])c1ccc(N2CCN(C(=S)Nc3ccc(O)cc3F)CC2)cc1. The number of piperazine rings is 1. The number of hydrogen-bond donors (Lipinski definition) is 2. The summed E-state index contributed by atoms with van der Waals surface area (Å²) in [7, 11) is 0. The normalized spacial score (nSPS) is 14.2. The van der Waals surface area contributed by atoms with Crippen molar-refractivity contribution >= 4 is 34.4 Å². The fourth-order valence-electron chi connectivity index (χ4n) is 2.75. The van der Waals surface area contributed by atoms with Gasteiger partial charge < -0.3 is 20.2 Å². The van der Waals surface area contributed by atoms with E-state index in [1.165, 1.54) is 24.3 Å². The number of nitrogens with zero attached hydrogens (tertiary/aromatic N) is 3. The number of anilines is 2. The molecule has 0 spiro atoms. The quantitative estimate of drug-likeness (QED) is 0.369. The van der Waals surface area contributed by atoms with Crippen molar-refractivity contribution in [2.75, 3.05) is 36.4 Å². The van der Waals surface area contributed by atoms with Crippen molar-refractivity contribution in [2.45, 2.75) is 0 Å². The number of nitro groups is 1. The lowest BCUT2D eigenvalue weighted by Gasteiger charge is -2.37. The van der Waals surface area contributed by atoms with Crippen LogP contribution >= 0.6 is 12.2 Å². The molecular formula is C17H17FN4O3S. The van der Waals surface area contributed by atoms with Crippen molar-refractivity contribution in [3.63, 3.8) is 0 Å². The van der Waals surface area contributed by atoms with Crippen LogP contribution < -0.4 is 10.2 Å². The molecule has 0 amide bonds. The fraction of sp³-hybridized carbons (Fsp3) is 0.235. The van der Waals surface area contributed by atoms with Crippen LogP contribution in [0.25, 0.3) is 0 Å². The smallest absolute Gasteiger partial charge is 0.269 e. The van der Waals surface area contributed by atoms with E-state index in [-0.39, 0.29) is 17.1 Å².